The van der Waals surface area contributed by atoms with Crippen LogP contribution in [0.15, 0.2) is 23.7 Å². The summed E-state index contributed by atoms with van der Waals surface area (Å²) >= 11 is 0. The highest BCUT2D eigenvalue weighted by molar-refractivity contribution is 6.56. The van der Waals surface area contributed by atoms with E-state index < -0.39 is 47.6 Å². The van der Waals surface area contributed by atoms with Gasteiger partial charge in [0.15, 0.2) is 0 Å². The standard InChI is InChI=1S/C21H28BF4NO4/c1-18(2,3)29-17(28)27-12-15(22-30-19(4,5)20(6,7)31-22)9-13-8-14(21(24,25)26)11-16(23)10-13/h8-11H,12H2,1-7H3,(H,27,28). The second kappa shape index (κ2) is 8.46. The maximum absolute atomic E-state index is 13.9. The molecule has 10 heteroatoms. The molecule has 0 aromatic heterocycles. The van der Waals surface area contributed by atoms with E-state index in [1.807, 2.05) is 27.7 Å². The van der Waals surface area contributed by atoms with E-state index in [9.17, 15) is 22.4 Å². The largest absolute Gasteiger partial charge is 0.492 e. The van der Waals surface area contributed by atoms with E-state index >= 15 is 0 Å². The molecule has 2 rings (SSSR count). The third kappa shape index (κ3) is 6.71. The molecule has 1 heterocycles. The van der Waals surface area contributed by atoms with Crippen LogP contribution in [0, 0.1) is 5.82 Å². The number of ether oxygens (including phenoxy) is 1. The molecular weight excluding hydrogens is 417 g/mol. The first-order valence-corrected chi connectivity index (χ1v) is 9.80. The Labute approximate surface area is 180 Å². The van der Waals surface area contributed by atoms with Gasteiger partial charge in [-0.3, -0.25) is 0 Å². The van der Waals surface area contributed by atoms with Crippen LogP contribution in [0.2, 0.25) is 0 Å². The first-order chi connectivity index (χ1) is 13.9. The fourth-order valence-electron chi connectivity index (χ4n) is 2.76. The number of alkyl carbamates (subject to hydrolysis) is 1. The first kappa shape index (κ1) is 25.2. The SMILES string of the molecule is CC(C)(C)OC(=O)NCC(=Cc1cc(F)cc(C(F)(F)F)c1)B1OC(C)(C)C(C)(C)O1. The molecule has 0 aliphatic carbocycles. The monoisotopic (exact) mass is 445 g/mol. The number of hydrogen-bond acceptors (Lipinski definition) is 4. The number of hydrogen-bond donors (Lipinski definition) is 1. The topological polar surface area (TPSA) is 56.8 Å². The van der Waals surface area contributed by atoms with E-state index in [0.717, 1.165) is 12.1 Å². The predicted molar refractivity (Wildman–Crippen MR) is 110 cm³/mol. The number of alkyl halides is 3. The van der Waals surface area contributed by atoms with Crippen LogP contribution in [-0.2, 0) is 20.2 Å². The number of rotatable bonds is 4. The van der Waals surface area contributed by atoms with Crippen LogP contribution in [0.3, 0.4) is 0 Å². The summed E-state index contributed by atoms with van der Waals surface area (Å²) in [5.41, 5.74) is -3.02. The van der Waals surface area contributed by atoms with E-state index in [1.54, 1.807) is 20.8 Å². The Kier molecular flexibility index (Phi) is 6.88. The van der Waals surface area contributed by atoms with Gasteiger partial charge in [-0.05, 0) is 77.7 Å². The number of carbonyl (C=O) groups is 1. The van der Waals surface area contributed by atoms with Gasteiger partial charge in [-0.25, -0.2) is 9.18 Å². The minimum atomic E-state index is -4.70. The van der Waals surface area contributed by atoms with Gasteiger partial charge < -0.3 is 19.4 Å². The highest BCUT2D eigenvalue weighted by Crippen LogP contribution is 2.39. The van der Waals surface area contributed by atoms with Crippen molar-refractivity contribution in [1.29, 1.82) is 0 Å². The molecule has 0 spiro atoms. The van der Waals surface area contributed by atoms with Gasteiger partial charge in [0, 0.05) is 6.54 Å². The van der Waals surface area contributed by atoms with Crippen molar-refractivity contribution in [1.82, 2.24) is 5.32 Å². The maximum atomic E-state index is 13.9. The molecule has 1 N–H and O–H groups in total. The summed E-state index contributed by atoms with van der Waals surface area (Å²) in [7, 11) is -0.961. The van der Waals surface area contributed by atoms with Gasteiger partial charge in [0.1, 0.15) is 11.4 Å². The molecule has 1 aromatic carbocycles. The molecule has 1 saturated heterocycles. The molecule has 0 atom stereocenters. The van der Waals surface area contributed by atoms with E-state index in [1.165, 1.54) is 6.08 Å². The van der Waals surface area contributed by atoms with Crippen LogP contribution < -0.4 is 5.32 Å². The number of nitrogens with one attached hydrogen (secondary N) is 1. The summed E-state index contributed by atoms with van der Waals surface area (Å²) in [6, 6.07) is 2.21. The fourth-order valence-corrected chi connectivity index (χ4v) is 2.76. The van der Waals surface area contributed by atoms with Crippen LogP contribution in [0.4, 0.5) is 22.4 Å². The Hall–Kier alpha value is -2.07. The second-order valence-corrected chi connectivity index (χ2v) is 9.43. The van der Waals surface area contributed by atoms with Gasteiger partial charge >= 0.3 is 19.4 Å². The summed E-state index contributed by atoms with van der Waals surface area (Å²) in [4.78, 5) is 12.1. The van der Waals surface area contributed by atoms with E-state index in [-0.39, 0.29) is 12.1 Å². The highest BCUT2D eigenvalue weighted by atomic mass is 19.4. The number of benzene rings is 1. The Morgan fingerprint density at radius 3 is 2.13 bits per heavy atom. The zero-order valence-corrected chi connectivity index (χ0v) is 18.7. The Morgan fingerprint density at radius 2 is 1.65 bits per heavy atom. The zero-order chi connectivity index (χ0) is 23.8. The number of halogens is 4. The molecule has 1 aliphatic rings. The van der Waals surface area contributed by atoms with Crippen molar-refractivity contribution in [2.24, 2.45) is 0 Å². The summed E-state index contributed by atoms with van der Waals surface area (Å²) in [6.07, 6.45) is -4.10. The minimum absolute atomic E-state index is 0.0389. The number of carbonyl (C=O) groups excluding carboxylic acids is 1. The Morgan fingerprint density at radius 1 is 1.10 bits per heavy atom. The van der Waals surface area contributed by atoms with Crippen molar-refractivity contribution in [3.63, 3.8) is 0 Å². The molecule has 1 aliphatic heterocycles. The lowest BCUT2D eigenvalue weighted by molar-refractivity contribution is -0.137. The molecule has 5 nitrogen and oxygen atoms in total. The minimum Gasteiger partial charge on any atom is -0.444 e. The zero-order valence-electron chi connectivity index (χ0n) is 18.7. The van der Waals surface area contributed by atoms with Crippen LogP contribution in [-0.4, -0.2) is 36.6 Å². The molecule has 172 valence electrons. The molecule has 1 amide bonds. The van der Waals surface area contributed by atoms with Crippen LogP contribution in [0.25, 0.3) is 6.08 Å². The van der Waals surface area contributed by atoms with Crippen LogP contribution in [0.5, 0.6) is 0 Å². The van der Waals surface area contributed by atoms with Crippen LogP contribution in [0.1, 0.15) is 59.6 Å². The van der Waals surface area contributed by atoms with Crippen LogP contribution >= 0.6 is 0 Å². The fraction of sp³-hybridized carbons (Fsp3) is 0.571. The molecule has 1 fully saturated rings. The van der Waals surface area contributed by atoms with Gasteiger partial charge in [-0.2, -0.15) is 13.2 Å². The molecule has 0 bridgehead atoms. The van der Waals surface area contributed by atoms with Crippen molar-refractivity contribution < 1.29 is 36.4 Å². The van der Waals surface area contributed by atoms with Gasteiger partial charge in [0.05, 0.1) is 16.8 Å². The highest BCUT2D eigenvalue weighted by Gasteiger charge is 2.52. The Balaban J connectivity index is 2.39. The van der Waals surface area contributed by atoms with Gasteiger partial charge in [-0.1, -0.05) is 6.08 Å². The average molecular weight is 445 g/mol. The van der Waals surface area contributed by atoms with Gasteiger partial charge in [0.2, 0.25) is 0 Å². The van der Waals surface area contributed by atoms with E-state index in [4.69, 9.17) is 14.0 Å². The normalized spacial score (nSPS) is 18.8. The molecule has 0 unspecified atom stereocenters. The summed E-state index contributed by atoms with van der Waals surface area (Å²) < 4.78 is 70.2. The lowest BCUT2D eigenvalue weighted by atomic mass is 9.77. The Bertz CT molecular complexity index is 844. The van der Waals surface area contributed by atoms with Crippen molar-refractivity contribution >= 4 is 19.3 Å². The quantitative estimate of drug-likeness (QED) is 0.499. The van der Waals surface area contributed by atoms with E-state index in [2.05, 4.69) is 5.32 Å². The van der Waals surface area contributed by atoms with E-state index in [0.29, 0.717) is 11.5 Å². The number of amides is 1. The molecule has 0 saturated carbocycles. The summed E-state index contributed by atoms with van der Waals surface area (Å²) in [6.45, 7) is 12.2. The average Bonchev–Trinajstić information content (AvgIpc) is 2.76. The van der Waals surface area contributed by atoms with Crippen molar-refractivity contribution in [3.8, 4) is 0 Å². The second-order valence-electron chi connectivity index (χ2n) is 9.43. The molecular formula is C21H28BF4NO4. The summed E-state index contributed by atoms with van der Waals surface area (Å²) in [5, 5.41) is 2.55. The van der Waals surface area contributed by atoms with Crippen molar-refractivity contribution in [2.75, 3.05) is 6.54 Å². The third-order valence-electron chi connectivity index (χ3n) is 4.99. The van der Waals surface area contributed by atoms with Crippen molar-refractivity contribution in [3.05, 3.63) is 40.6 Å². The third-order valence-corrected chi connectivity index (χ3v) is 4.99. The summed E-state index contributed by atoms with van der Waals surface area (Å²) in [5.74, 6) is -1.03. The smallest absolute Gasteiger partial charge is 0.444 e. The first-order valence-electron chi connectivity index (χ1n) is 9.80. The molecule has 31 heavy (non-hydrogen) atoms. The van der Waals surface area contributed by atoms with Crippen molar-refractivity contribution in [2.45, 2.75) is 71.4 Å². The maximum Gasteiger partial charge on any atom is 0.492 e. The van der Waals surface area contributed by atoms with Gasteiger partial charge in [0.25, 0.3) is 0 Å². The predicted octanol–water partition coefficient (Wildman–Crippen LogP) is 5.38. The lowest BCUT2D eigenvalue weighted by Crippen LogP contribution is -2.41. The lowest BCUT2D eigenvalue weighted by Gasteiger charge is -2.32. The van der Waals surface area contributed by atoms with Gasteiger partial charge in [-0.15, -0.1) is 0 Å². The molecule has 0 radical (unpaired) electrons. The molecule has 1 aromatic rings.